The quantitative estimate of drug-likeness (QED) is 0.435. The third kappa shape index (κ3) is 4.01. The Balaban J connectivity index is 1.43. The van der Waals surface area contributed by atoms with Crippen LogP contribution in [0.2, 0.25) is 0 Å². The van der Waals surface area contributed by atoms with Crippen molar-refractivity contribution in [3.05, 3.63) is 60.3 Å². The molecular weight excluding hydrogens is 438 g/mol. The first-order valence-electron chi connectivity index (χ1n) is 11.3. The van der Waals surface area contributed by atoms with Crippen LogP contribution in [0.1, 0.15) is 24.3 Å². The number of anilines is 3. The van der Waals surface area contributed by atoms with E-state index in [9.17, 15) is 8.78 Å². The summed E-state index contributed by atoms with van der Waals surface area (Å²) in [5, 5.41) is 7.33. The van der Waals surface area contributed by atoms with E-state index in [0.29, 0.717) is 17.6 Å². The zero-order valence-electron chi connectivity index (χ0n) is 18.3. The highest BCUT2D eigenvalue weighted by Crippen LogP contribution is 2.44. The Morgan fingerprint density at radius 1 is 1.00 bits per heavy atom. The fourth-order valence-corrected chi connectivity index (χ4v) is 4.31. The van der Waals surface area contributed by atoms with Gasteiger partial charge in [0, 0.05) is 49.5 Å². The van der Waals surface area contributed by atoms with Crippen LogP contribution in [0.4, 0.5) is 26.1 Å². The molecule has 1 saturated carbocycles. The molecule has 2 fully saturated rings. The third-order valence-corrected chi connectivity index (χ3v) is 6.15. The number of halogens is 2. The first-order valence-corrected chi connectivity index (χ1v) is 11.3. The van der Waals surface area contributed by atoms with Crippen molar-refractivity contribution in [2.75, 3.05) is 36.4 Å². The maximum Gasteiger partial charge on any atom is 0.239 e. The molecule has 2 aliphatic rings. The van der Waals surface area contributed by atoms with Gasteiger partial charge in [0.15, 0.2) is 5.82 Å². The summed E-state index contributed by atoms with van der Waals surface area (Å²) in [4.78, 5) is 24.1. The van der Waals surface area contributed by atoms with E-state index in [0.717, 1.165) is 67.4 Å². The lowest BCUT2D eigenvalue weighted by Gasteiger charge is -2.30. The molecule has 4 aromatic heterocycles. The monoisotopic (exact) mass is 460 g/mol. The first kappa shape index (κ1) is 20.8. The van der Waals surface area contributed by atoms with Crippen molar-refractivity contribution in [3.63, 3.8) is 0 Å². The van der Waals surface area contributed by atoms with Crippen LogP contribution >= 0.6 is 0 Å². The van der Waals surface area contributed by atoms with Crippen molar-refractivity contribution in [3.8, 4) is 11.4 Å². The number of hydrogen-bond acceptors (Lipinski definition) is 8. The van der Waals surface area contributed by atoms with E-state index in [2.05, 4.69) is 30.5 Å². The molecular formula is C24H22F2N8. The van der Waals surface area contributed by atoms with Gasteiger partial charge in [0.05, 0.1) is 17.4 Å². The van der Waals surface area contributed by atoms with Crippen LogP contribution < -0.4 is 15.5 Å². The number of hydrogen-bond donors (Lipinski definition) is 2. The van der Waals surface area contributed by atoms with Crippen molar-refractivity contribution in [2.45, 2.75) is 18.8 Å². The molecule has 1 aliphatic heterocycles. The molecule has 5 heterocycles. The second kappa shape index (κ2) is 8.53. The Hall–Kier alpha value is -3.79. The summed E-state index contributed by atoms with van der Waals surface area (Å²) in [6.07, 6.45) is 7.67. The van der Waals surface area contributed by atoms with E-state index in [1.54, 1.807) is 18.5 Å². The molecule has 34 heavy (non-hydrogen) atoms. The molecule has 8 nitrogen and oxygen atoms in total. The van der Waals surface area contributed by atoms with Crippen molar-refractivity contribution in [1.29, 1.82) is 0 Å². The molecule has 0 unspecified atom stereocenters. The lowest BCUT2D eigenvalue weighted by molar-refractivity contribution is 0.515. The number of rotatable bonds is 5. The molecule has 0 bridgehead atoms. The maximum atomic E-state index is 14.0. The molecule has 0 amide bonds. The largest absolute Gasteiger partial charge is 0.353 e. The molecule has 0 atom stereocenters. The summed E-state index contributed by atoms with van der Waals surface area (Å²) in [5.41, 5.74) is 2.78. The average molecular weight is 460 g/mol. The molecule has 4 aromatic rings. The van der Waals surface area contributed by atoms with Crippen molar-refractivity contribution >= 4 is 28.2 Å². The summed E-state index contributed by atoms with van der Waals surface area (Å²) < 4.78 is 27.2. The molecule has 0 aromatic carbocycles. The van der Waals surface area contributed by atoms with Crippen LogP contribution in [-0.4, -0.2) is 51.1 Å². The Morgan fingerprint density at radius 2 is 1.85 bits per heavy atom. The summed E-state index contributed by atoms with van der Waals surface area (Å²) in [6, 6.07) is 5.92. The van der Waals surface area contributed by atoms with Gasteiger partial charge in [-0.05, 0) is 48.6 Å². The van der Waals surface area contributed by atoms with Crippen LogP contribution in [0.15, 0.2) is 42.9 Å². The average Bonchev–Trinajstić information content (AvgIpc) is 3.71. The molecule has 10 heteroatoms. The lowest BCUT2D eigenvalue weighted by Crippen LogP contribution is -2.44. The van der Waals surface area contributed by atoms with E-state index >= 15 is 0 Å². The molecule has 1 saturated heterocycles. The van der Waals surface area contributed by atoms with E-state index in [1.165, 1.54) is 11.6 Å². The summed E-state index contributed by atoms with van der Waals surface area (Å²) in [6.45, 7) is 3.51. The van der Waals surface area contributed by atoms with Gasteiger partial charge in [0.25, 0.3) is 0 Å². The zero-order valence-corrected chi connectivity index (χ0v) is 18.3. The molecule has 172 valence electrons. The van der Waals surface area contributed by atoms with Gasteiger partial charge in [0.2, 0.25) is 11.9 Å². The third-order valence-electron chi connectivity index (χ3n) is 6.15. The van der Waals surface area contributed by atoms with Gasteiger partial charge in [0.1, 0.15) is 11.6 Å². The summed E-state index contributed by atoms with van der Waals surface area (Å²) in [5.74, 6) is 0.540. The van der Waals surface area contributed by atoms with Gasteiger partial charge in [-0.25, -0.2) is 15.0 Å². The molecule has 0 radical (unpaired) electrons. The minimum absolute atomic E-state index is 0.0326. The fraction of sp³-hybridized carbons (Fsp3) is 0.292. The number of nitrogens with one attached hydrogen (secondary N) is 2. The van der Waals surface area contributed by atoms with E-state index in [1.807, 2.05) is 12.3 Å². The highest BCUT2D eigenvalue weighted by molar-refractivity contribution is 5.94. The van der Waals surface area contributed by atoms with Crippen LogP contribution in [-0.2, 0) is 0 Å². The first-order chi connectivity index (χ1) is 16.7. The Labute approximate surface area is 194 Å². The minimum atomic E-state index is -0.936. The second-order valence-electron chi connectivity index (χ2n) is 8.53. The normalized spacial score (nSPS) is 16.1. The highest BCUT2D eigenvalue weighted by Gasteiger charge is 2.29. The van der Waals surface area contributed by atoms with Gasteiger partial charge in [-0.3, -0.25) is 4.98 Å². The predicted octanol–water partition coefficient (Wildman–Crippen LogP) is 3.79. The molecule has 0 spiro atoms. The van der Waals surface area contributed by atoms with Gasteiger partial charge >= 0.3 is 0 Å². The predicted molar refractivity (Wildman–Crippen MR) is 125 cm³/mol. The molecule has 1 aliphatic carbocycles. The molecule has 2 N–H and O–H groups in total. The van der Waals surface area contributed by atoms with Gasteiger partial charge in [-0.1, -0.05) is 0 Å². The Kier molecular flexibility index (Phi) is 5.21. The number of piperazine rings is 1. The Bertz CT molecular complexity index is 1370. The van der Waals surface area contributed by atoms with E-state index < -0.39 is 11.9 Å². The summed E-state index contributed by atoms with van der Waals surface area (Å²) >= 11 is 0. The van der Waals surface area contributed by atoms with Gasteiger partial charge < -0.3 is 15.5 Å². The smallest absolute Gasteiger partial charge is 0.239 e. The van der Waals surface area contributed by atoms with Crippen molar-refractivity contribution < 1.29 is 8.78 Å². The zero-order chi connectivity index (χ0) is 23.1. The van der Waals surface area contributed by atoms with E-state index in [-0.39, 0.29) is 5.69 Å². The van der Waals surface area contributed by atoms with E-state index in [4.69, 9.17) is 9.97 Å². The summed E-state index contributed by atoms with van der Waals surface area (Å²) in [7, 11) is 0. The number of fused-ring (bicyclic) bond motifs is 1. The number of pyridine rings is 3. The second-order valence-corrected chi connectivity index (χ2v) is 8.53. The van der Waals surface area contributed by atoms with Crippen molar-refractivity contribution in [2.24, 2.45) is 0 Å². The van der Waals surface area contributed by atoms with Crippen LogP contribution in [0.5, 0.6) is 0 Å². The molecule has 6 rings (SSSR count). The van der Waals surface area contributed by atoms with Crippen LogP contribution in [0.3, 0.4) is 0 Å². The van der Waals surface area contributed by atoms with Crippen molar-refractivity contribution in [1.82, 2.24) is 30.2 Å². The topological polar surface area (TPSA) is 91.8 Å². The van der Waals surface area contributed by atoms with Crippen LogP contribution in [0, 0.1) is 11.9 Å². The highest BCUT2D eigenvalue weighted by atomic mass is 19.1. The van der Waals surface area contributed by atoms with Crippen LogP contribution in [0.25, 0.3) is 22.3 Å². The minimum Gasteiger partial charge on any atom is -0.353 e. The SMILES string of the molecule is Fc1ccc(Nc2cc(-c3nc(N4CCNCC4)c4c(C5CC5)cncc4n3)ccn2)c(F)n1. The number of aromatic nitrogens is 5. The lowest BCUT2D eigenvalue weighted by atomic mass is 10.1. The van der Waals surface area contributed by atoms with Gasteiger partial charge in [-0.2, -0.15) is 13.8 Å². The maximum absolute atomic E-state index is 14.0. The fourth-order valence-electron chi connectivity index (χ4n) is 4.31. The standard InChI is InChI=1S/C24H22F2N8/c25-19-4-3-17(22(26)32-19)30-20-11-15(5-6-29-20)23-31-18-13-28-12-16(14-1-2-14)21(18)24(33-23)34-9-7-27-8-10-34/h3-6,11-14,27H,1-2,7-10H2,(H,29,30). The van der Waals surface area contributed by atoms with Gasteiger partial charge in [-0.15, -0.1) is 0 Å². The number of nitrogens with zero attached hydrogens (tertiary/aromatic N) is 6. The Morgan fingerprint density at radius 3 is 2.65 bits per heavy atom.